The fraction of sp³-hybridized carbons (Fsp3) is 0.618. The van der Waals surface area contributed by atoms with E-state index in [2.05, 4.69) is 31.2 Å². The molecule has 0 aromatic heterocycles. The van der Waals surface area contributed by atoms with Gasteiger partial charge < -0.3 is 4.74 Å². The van der Waals surface area contributed by atoms with Crippen molar-refractivity contribution in [3.63, 3.8) is 0 Å². The molecule has 0 saturated heterocycles. The van der Waals surface area contributed by atoms with E-state index < -0.39 is 23.6 Å². The normalized spacial score (nSPS) is 23.6. The van der Waals surface area contributed by atoms with Gasteiger partial charge in [0, 0.05) is 12.0 Å². The minimum Gasteiger partial charge on any atom is -0.491 e. The number of aryl methyl sites for hydroxylation is 1. The van der Waals surface area contributed by atoms with E-state index >= 15 is 0 Å². The standard InChI is InChI=1S/C34H45F3O2/c1-3-6-23-9-13-25(14-10-23)27-17-19-28(20-18-27)26-15-11-24(12-16-26)7-5-8-30(38)29-21-22-31(39-4-2)33(35)32(29)34(36)37/h11-12,15-16,21-23,25,27-28,34H,3-10,13-14,17-20H2,1-2H3. The summed E-state index contributed by atoms with van der Waals surface area (Å²) in [4.78, 5) is 12.7. The van der Waals surface area contributed by atoms with E-state index in [4.69, 9.17) is 4.74 Å². The number of benzene rings is 2. The first kappa shape index (κ1) is 29.7. The Kier molecular flexibility index (Phi) is 10.9. The molecule has 2 aliphatic rings. The van der Waals surface area contributed by atoms with Gasteiger partial charge in [0.25, 0.3) is 6.43 Å². The summed E-state index contributed by atoms with van der Waals surface area (Å²) >= 11 is 0. The number of halogens is 3. The molecule has 4 rings (SSSR count). The summed E-state index contributed by atoms with van der Waals surface area (Å²) in [5.41, 5.74) is 1.45. The Bertz CT molecular complexity index is 1050. The highest BCUT2D eigenvalue weighted by atomic mass is 19.3. The van der Waals surface area contributed by atoms with Gasteiger partial charge in [0.1, 0.15) is 0 Å². The van der Waals surface area contributed by atoms with E-state index in [1.54, 1.807) is 6.92 Å². The van der Waals surface area contributed by atoms with Gasteiger partial charge in [-0.15, -0.1) is 0 Å². The zero-order valence-corrected chi connectivity index (χ0v) is 23.7. The van der Waals surface area contributed by atoms with E-state index in [0.717, 1.165) is 23.3 Å². The Hall–Kier alpha value is -2.30. The molecule has 0 bridgehead atoms. The van der Waals surface area contributed by atoms with Crippen LogP contribution in [-0.2, 0) is 6.42 Å². The van der Waals surface area contributed by atoms with Crippen LogP contribution in [0.15, 0.2) is 36.4 Å². The van der Waals surface area contributed by atoms with Gasteiger partial charge in [-0.3, -0.25) is 4.79 Å². The molecule has 0 amide bonds. The number of alkyl halides is 2. The van der Waals surface area contributed by atoms with E-state index in [0.29, 0.717) is 18.8 Å². The molecule has 39 heavy (non-hydrogen) atoms. The largest absolute Gasteiger partial charge is 0.491 e. The highest BCUT2D eigenvalue weighted by Gasteiger charge is 2.31. The van der Waals surface area contributed by atoms with E-state index in [1.807, 2.05) is 0 Å². The smallest absolute Gasteiger partial charge is 0.267 e. The molecule has 5 heteroatoms. The molecule has 0 atom stereocenters. The maximum Gasteiger partial charge on any atom is 0.267 e. The van der Waals surface area contributed by atoms with Crippen molar-refractivity contribution < 1.29 is 22.7 Å². The van der Waals surface area contributed by atoms with E-state index in [1.165, 1.54) is 81.9 Å². The lowest BCUT2D eigenvalue weighted by molar-refractivity contribution is 0.0962. The third-order valence-corrected chi connectivity index (χ3v) is 9.31. The fourth-order valence-corrected chi connectivity index (χ4v) is 7.12. The van der Waals surface area contributed by atoms with Crippen molar-refractivity contribution >= 4 is 5.78 Å². The Morgan fingerprint density at radius 1 is 0.897 bits per heavy atom. The first-order valence-electron chi connectivity index (χ1n) is 15.3. The average Bonchev–Trinajstić information content (AvgIpc) is 2.95. The average molecular weight is 543 g/mol. The molecule has 0 N–H and O–H groups in total. The Morgan fingerprint density at radius 3 is 2.13 bits per heavy atom. The second-order valence-electron chi connectivity index (χ2n) is 11.8. The molecular formula is C34H45F3O2. The van der Waals surface area contributed by atoms with Gasteiger partial charge in [-0.1, -0.05) is 56.9 Å². The molecule has 2 aliphatic carbocycles. The molecular weight excluding hydrogens is 497 g/mol. The molecule has 214 valence electrons. The van der Waals surface area contributed by atoms with Crippen LogP contribution in [0.4, 0.5) is 13.2 Å². The van der Waals surface area contributed by atoms with Crippen molar-refractivity contribution in [2.45, 2.75) is 110 Å². The highest BCUT2D eigenvalue weighted by Crippen LogP contribution is 2.44. The quantitative estimate of drug-likeness (QED) is 0.249. The summed E-state index contributed by atoms with van der Waals surface area (Å²) < 4.78 is 46.7. The van der Waals surface area contributed by atoms with Crippen LogP contribution in [0.1, 0.15) is 130 Å². The van der Waals surface area contributed by atoms with Crippen LogP contribution in [-0.4, -0.2) is 12.4 Å². The summed E-state index contributed by atoms with van der Waals surface area (Å²) in [7, 11) is 0. The molecule has 2 aromatic carbocycles. The predicted molar refractivity (Wildman–Crippen MR) is 151 cm³/mol. The van der Waals surface area contributed by atoms with Crippen molar-refractivity contribution in [3.05, 3.63) is 64.5 Å². The van der Waals surface area contributed by atoms with Gasteiger partial charge in [0.15, 0.2) is 17.3 Å². The predicted octanol–water partition coefficient (Wildman–Crippen LogP) is 10.2. The Labute approximate surface area is 232 Å². The number of hydrogen-bond acceptors (Lipinski definition) is 2. The molecule has 0 aliphatic heterocycles. The summed E-state index contributed by atoms with van der Waals surface area (Å²) in [6.45, 7) is 4.12. The number of carbonyl (C=O) groups excluding carboxylic acids is 1. The van der Waals surface area contributed by atoms with Crippen molar-refractivity contribution in [2.24, 2.45) is 17.8 Å². The van der Waals surface area contributed by atoms with Crippen molar-refractivity contribution in [1.29, 1.82) is 0 Å². The molecule has 0 heterocycles. The fourth-order valence-electron chi connectivity index (χ4n) is 7.12. The maximum absolute atomic E-state index is 14.5. The molecule has 2 nitrogen and oxygen atoms in total. The topological polar surface area (TPSA) is 26.3 Å². The third kappa shape index (κ3) is 7.67. The lowest BCUT2D eigenvalue weighted by Crippen LogP contribution is -2.25. The SMILES string of the molecule is CCCC1CCC(C2CCC(c3ccc(CCCC(=O)c4ccc(OCC)c(F)c4C(F)F)cc3)CC2)CC1. The zero-order chi connectivity index (χ0) is 27.8. The number of ketones is 1. The van der Waals surface area contributed by atoms with Crippen LogP contribution in [0.5, 0.6) is 5.75 Å². The van der Waals surface area contributed by atoms with Gasteiger partial charge >= 0.3 is 0 Å². The van der Waals surface area contributed by atoms with Gasteiger partial charge in [0.05, 0.1) is 12.2 Å². The van der Waals surface area contributed by atoms with Crippen LogP contribution in [0.2, 0.25) is 0 Å². The molecule has 0 unspecified atom stereocenters. The maximum atomic E-state index is 14.5. The van der Waals surface area contributed by atoms with Gasteiger partial charge in [-0.2, -0.15) is 0 Å². The summed E-state index contributed by atoms with van der Waals surface area (Å²) in [5.74, 6) is 1.63. The van der Waals surface area contributed by atoms with Gasteiger partial charge in [-0.25, -0.2) is 13.2 Å². The van der Waals surface area contributed by atoms with Crippen molar-refractivity contribution in [3.8, 4) is 5.75 Å². The van der Waals surface area contributed by atoms with Crippen LogP contribution in [0, 0.1) is 23.6 Å². The first-order valence-corrected chi connectivity index (χ1v) is 15.3. The van der Waals surface area contributed by atoms with Crippen molar-refractivity contribution in [1.82, 2.24) is 0 Å². The second-order valence-corrected chi connectivity index (χ2v) is 11.8. The highest BCUT2D eigenvalue weighted by molar-refractivity contribution is 5.97. The van der Waals surface area contributed by atoms with Crippen LogP contribution in [0.3, 0.4) is 0 Å². The molecule has 2 aromatic rings. The summed E-state index contributed by atoms with van der Waals surface area (Å²) in [5, 5.41) is 0. The van der Waals surface area contributed by atoms with Crippen molar-refractivity contribution in [2.75, 3.05) is 6.61 Å². The van der Waals surface area contributed by atoms with Crippen LogP contribution < -0.4 is 4.74 Å². The number of hydrogen-bond donors (Lipinski definition) is 0. The van der Waals surface area contributed by atoms with Gasteiger partial charge in [-0.05, 0) is 105 Å². The zero-order valence-electron chi connectivity index (χ0n) is 23.7. The third-order valence-electron chi connectivity index (χ3n) is 9.31. The van der Waals surface area contributed by atoms with Crippen LogP contribution in [0.25, 0.3) is 0 Å². The lowest BCUT2D eigenvalue weighted by atomic mass is 9.68. The monoisotopic (exact) mass is 542 g/mol. The number of rotatable bonds is 12. The lowest BCUT2D eigenvalue weighted by Gasteiger charge is -2.38. The summed E-state index contributed by atoms with van der Waals surface area (Å²) in [6, 6.07) is 11.3. The molecule has 2 saturated carbocycles. The molecule has 0 radical (unpaired) electrons. The summed E-state index contributed by atoms with van der Waals surface area (Å²) in [6.07, 6.45) is 12.0. The Morgan fingerprint density at radius 2 is 1.54 bits per heavy atom. The number of Topliss-reactive ketones (excluding diaryl/α,β-unsaturated/α-hetero) is 1. The number of ether oxygens (including phenoxy) is 1. The van der Waals surface area contributed by atoms with Crippen LogP contribution >= 0.6 is 0 Å². The molecule has 0 spiro atoms. The minimum atomic E-state index is -3.08. The van der Waals surface area contributed by atoms with Gasteiger partial charge in [0.2, 0.25) is 0 Å². The second kappa shape index (κ2) is 14.4. The Balaban J connectivity index is 1.24. The van der Waals surface area contributed by atoms with E-state index in [9.17, 15) is 18.0 Å². The van der Waals surface area contributed by atoms with E-state index in [-0.39, 0.29) is 24.3 Å². The minimum absolute atomic E-state index is 0.0965. The first-order chi connectivity index (χ1) is 18.9. The molecule has 2 fully saturated rings. The number of carbonyl (C=O) groups is 1.